The average Bonchev–Trinajstić information content (AvgIpc) is 3.23. The smallest absolute Gasteiger partial charge is 0.220 e. The van der Waals surface area contributed by atoms with Crippen LogP contribution in [0.4, 0.5) is 0 Å². The lowest BCUT2D eigenvalue weighted by Gasteiger charge is -2.32. The Balaban J connectivity index is 1.41. The summed E-state index contributed by atoms with van der Waals surface area (Å²) in [6, 6.07) is 9.58. The molecule has 0 bridgehead atoms. The van der Waals surface area contributed by atoms with Gasteiger partial charge in [-0.15, -0.1) is 0 Å². The largest absolute Gasteiger partial charge is 0.497 e. The number of nitrogens with one attached hydrogen (secondary N) is 1. The van der Waals surface area contributed by atoms with Crippen LogP contribution in [0, 0.1) is 5.92 Å². The minimum Gasteiger partial charge on any atom is -0.497 e. The molecule has 0 saturated carbocycles. The van der Waals surface area contributed by atoms with Gasteiger partial charge in [-0.05, 0) is 56.0 Å². The number of amides is 1. The Kier molecular flexibility index (Phi) is 7.37. The van der Waals surface area contributed by atoms with Gasteiger partial charge in [0.05, 0.1) is 27.0 Å². The number of ether oxygens (including phenoxy) is 2. The van der Waals surface area contributed by atoms with Crippen LogP contribution in [0.1, 0.15) is 37.0 Å². The number of rotatable bonds is 9. The predicted octanol–water partition coefficient (Wildman–Crippen LogP) is 3.61. The summed E-state index contributed by atoms with van der Waals surface area (Å²) in [5, 5.41) is 3.01. The van der Waals surface area contributed by atoms with Gasteiger partial charge in [0, 0.05) is 31.1 Å². The number of hydrogen-bond donors (Lipinski definition) is 1. The molecule has 6 heteroatoms. The fraction of sp³-hybridized carbons (Fsp3) is 0.500. The van der Waals surface area contributed by atoms with E-state index < -0.39 is 0 Å². The summed E-state index contributed by atoms with van der Waals surface area (Å²) in [7, 11) is 3.24. The first kappa shape index (κ1) is 20.3. The van der Waals surface area contributed by atoms with E-state index in [0.717, 1.165) is 48.9 Å². The molecule has 1 N–H and O–H groups in total. The van der Waals surface area contributed by atoms with E-state index in [-0.39, 0.29) is 5.91 Å². The van der Waals surface area contributed by atoms with Gasteiger partial charge in [0.2, 0.25) is 5.91 Å². The van der Waals surface area contributed by atoms with E-state index in [4.69, 9.17) is 13.9 Å². The molecule has 1 atom stereocenters. The van der Waals surface area contributed by atoms with E-state index in [0.29, 0.717) is 18.9 Å². The quantitative estimate of drug-likeness (QED) is 0.713. The summed E-state index contributed by atoms with van der Waals surface area (Å²) in [6.45, 7) is 3.44. The van der Waals surface area contributed by atoms with Crippen molar-refractivity contribution in [3.05, 3.63) is 47.9 Å². The third-order valence-corrected chi connectivity index (χ3v) is 5.31. The highest BCUT2D eigenvalue weighted by molar-refractivity contribution is 5.75. The van der Waals surface area contributed by atoms with Gasteiger partial charge >= 0.3 is 0 Å². The van der Waals surface area contributed by atoms with Gasteiger partial charge in [0.15, 0.2) is 0 Å². The number of carbonyl (C=O) groups excluding carboxylic acids is 1. The summed E-state index contributed by atoms with van der Waals surface area (Å²) in [4.78, 5) is 14.7. The zero-order valence-electron chi connectivity index (χ0n) is 16.8. The molecular formula is C22H30N2O4. The lowest BCUT2D eigenvalue weighted by Crippen LogP contribution is -2.35. The third kappa shape index (κ3) is 5.76. The number of benzene rings is 1. The fourth-order valence-corrected chi connectivity index (χ4v) is 3.77. The first-order chi connectivity index (χ1) is 13.7. The van der Waals surface area contributed by atoms with Crippen molar-refractivity contribution in [3.63, 3.8) is 0 Å². The third-order valence-electron chi connectivity index (χ3n) is 5.31. The van der Waals surface area contributed by atoms with Crippen LogP contribution in [-0.2, 0) is 17.9 Å². The molecule has 0 unspecified atom stereocenters. The maximum Gasteiger partial charge on any atom is 0.220 e. The van der Waals surface area contributed by atoms with Crippen molar-refractivity contribution in [1.82, 2.24) is 10.2 Å². The molecule has 6 nitrogen and oxygen atoms in total. The Labute approximate surface area is 166 Å². The van der Waals surface area contributed by atoms with E-state index in [1.165, 1.54) is 12.8 Å². The van der Waals surface area contributed by atoms with Crippen LogP contribution < -0.4 is 14.8 Å². The van der Waals surface area contributed by atoms with Gasteiger partial charge in [-0.25, -0.2) is 0 Å². The highest BCUT2D eigenvalue weighted by Gasteiger charge is 2.21. The number of piperidine rings is 1. The fourth-order valence-electron chi connectivity index (χ4n) is 3.77. The van der Waals surface area contributed by atoms with Crippen LogP contribution >= 0.6 is 0 Å². The second-order valence-electron chi connectivity index (χ2n) is 7.32. The van der Waals surface area contributed by atoms with Crippen molar-refractivity contribution in [2.24, 2.45) is 5.92 Å². The van der Waals surface area contributed by atoms with Crippen molar-refractivity contribution in [2.75, 3.05) is 27.3 Å². The number of likely N-dealkylation sites (tertiary alicyclic amines) is 1. The van der Waals surface area contributed by atoms with E-state index in [1.54, 1.807) is 20.5 Å². The van der Waals surface area contributed by atoms with Crippen molar-refractivity contribution >= 4 is 5.91 Å². The minimum atomic E-state index is 0.0843. The highest BCUT2D eigenvalue weighted by Crippen LogP contribution is 2.25. The first-order valence-electron chi connectivity index (χ1n) is 9.90. The molecule has 1 aromatic heterocycles. The molecule has 2 aromatic rings. The highest BCUT2D eigenvalue weighted by atomic mass is 16.5. The van der Waals surface area contributed by atoms with Gasteiger partial charge in [-0.1, -0.05) is 0 Å². The lowest BCUT2D eigenvalue weighted by atomic mass is 9.93. The van der Waals surface area contributed by atoms with E-state index in [9.17, 15) is 4.79 Å². The normalized spacial score (nSPS) is 17.3. The topological polar surface area (TPSA) is 63.9 Å². The average molecular weight is 386 g/mol. The van der Waals surface area contributed by atoms with Crippen LogP contribution in [-0.4, -0.2) is 38.1 Å². The molecule has 0 spiro atoms. The number of carbonyl (C=O) groups is 1. The van der Waals surface area contributed by atoms with Crippen molar-refractivity contribution in [3.8, 4) is 11.5 Å². The van der Waals surface area contributed by atoms with E-state index in [1.807, 2.05) is 30.3 Å². The molecule has 0 radical (unpaired) electrons. The zero-order chi connectivity index (χ0) is 19.8. The van der Waals surface area contributed by atoms with Crippen molar-refractivity contribution < 1.29 is 18.7 Å². The minimum absolute atomic E-state index is 0.0843. The van der Waals surface area contributed by atoms with Crippen LogP contribution in [0.2, 0.25) is 0 Å². The number of methoxy groups -OCH3 is 2. The lowest BCUT2D eigenvalue weighted by molar-refractivity contribution is -0.121. The summed E-state index contributed by atoms with van der Waals surface area (Å²) in [5.74, 6) is 3.11. The van der Waals surface area contributed by atoms with Gasteiger partial charge in [0.25, 0.3) is 0 Å². The number of furan rings is 1. The Morgan fingerprint density at radius 3 is 2.93 bits per heavy atom. The molecular weight excluding hydrogens is 356 g/mol. The Hall–Kier alpha value is -2.47. The summed E-state index contributed by atoms with van der Waals surface area (Å²) >= 11 is 0. The summed E-state index contributed by atoms with van der Waals surface area (Å²) in [5.41, 5.74) is 0.943. The number of hydrogen-bond acceptors (Lipinski definition) is 5. The molecule has 0 aliphatic carbocycles. The maximum atomic E-state index is 12.3. The molecule has 1 saturated heterocycles. The Morgan fingerprint density at radius 1 is 1.29 bits per heavy atom. The molecule has 1 aromatic carbocycles. The molecule has 3 rings (SSSR count). The molecule has 152 valence electrons. The van der Waals surface area contributed by atoms with Gasteiger partial charge in [0.1, 0.15) is 17.3 Å². The molecule has 2 heterocycles. The van der Waals surface area contributed by atoms with Crippen molar-refractivity contribution in [2.45, 2.75) is 38.8 Å². The van der Waals surface area contributed by atoms with Crippen LogP contribution in [0.15, 0.2) is 41.0 Å². The molecule has 1 aliphatic heterocycles. The van der Waals surface area contributed by atoms with Crippen LogP contribution in [0.5, 0.6) is 11.5 Å². The van der Waals surface area contributed by atoms with Crippen molar-refractivity contribution in [1.29, 1.82) is 0 Å². The Morgan fingerprint density at radius 2 is 2.18 bits per heavy atom. The monoisotopic (exact) mass is 386 g/mol. The van der Waals surface area contributed by atoms with Gasteiger partial charge < -0.3 is 19.2 Å². The number of nitrogens with zero attached hydrogens (tertiary/aromatic N) is 1. The second kappa shape index (κ2) is 10.2. The maximum absolute atomic E-state index is 12.3. The Bertz CT molecular complexity index is 745. The van der Waals surface area contributed by atoms with Gasteiger partial charge in [-0.2, -0.15) is 0 Å². The molecule has 1 fully saturated rings. The SMILES string of the molecule is COc1ccc(CNC(=O)CC[C@H]2CCCN(Cc3ccco3)C2)c(OC)c1. The summed E-state index contributed by atoms with van der Waals surface area (Å²) in [6.07, 6.45) is 5.56. The van der Waals surface area contributed by atoms with Gasteiger partial charge in [-0.3, -0.25) is 9.69 Å². The predicted molar refractivity (Wildman–Crippen MR) is 107 cm³/mol. The van der Waals surface area contributed by atoms with E-state index >= 15 is 0 Å². The zero-order valence-corrected chi connectivity index (χ0v) is 16.8. The first-order valence-corrected chi connectivity index (χ1v) is 9.90. The summed E-state index contributed by atoms with van der Waals surface area (Å²) < 4.78 is 16.0. The molecule has 1 amide bonds. The molecule has 28 heavy (non-hydrogen) atoms. The molecule has 1 aliphatic rings. The van der Waals surface area contributed by atoms with Crippen LogP contribution in [0.3, 0.4) is 0 Å². The second-order valence-corrected chi connectivity index (χ2v) is 7.32. The standard InChI is InChI=1S/C22H30N2O4/c1-26-19-9-8-18(21(13-19)27-2)14-23-22(25)10-7-17-5-3-11-24(15-17)16-20-6-4-12-28-20/h4,6,8-9,12-13,17H,3,5,7,10-11,14-16H2,1-2H3,(H,23,25)/t17-/m1/s1. The van der Waals surface area contributed by atoms with Crippen LogP contribution in [0.25, 0.3) is 0 Å². The van der Waals surface area contributed by atoms with E-state index in [2.05, 4.69) is 10.2 Å².